The minimum atomic E-state index is -1.22. The number of halogens is 1. The van der Waals surface area contributed by atoms with Gasteiger partial charge >= 0.3 is 5.97 Å². The van der Waals surface area contributed by atoms with E-state index >= 15 is 0 Å². The first-order valence-electron chi connectivity index (χ1n) is 6.68. The molecule has 1 aromatic carbocycles. The zero-order valence-electron chi connectivity index (χ0n) is 12.5. The highest BCUT2D eigenvalue weighted by Crippen LogP contribution is 2.25. The van der Waals surface area contributed by atoms with Crippen LogP contribution in [0, 0.1) is 18.2 Å². The number of nitrogens with zero attached hydrogens (tertiary/aromatic N) is 1. The Bertz CT molecular complexity index is 785. The number of fused-ring (bicyclic) bond motifs is 1. The maximum atomic E-state index is 14.2. The molecule has 21 heavy (non-hydrogen) atoms. The third-order valence-corrected chi connectivity index (χ3v) is 3.30. The molecule has 0 aliphatic rings. The predicted octanol–water partition coefficient (Wildman–Crippen LogP) is 3.19. The molecule has 1 aromatic heterocycles. The van der Waals surface area contributed by atoms with Crippen molar-refractivity contribution in [1.82, 2.24) is 4.57 Å². The van der Waals surface area contributed by atoms with Gasteiger partial charge in [0.05, 0.1) is 5.52 Å². The molecular formula is C16H18FNO3. The van der Waals surface area contributed by atoms with Crippen molar-refractivity contribution in [2.75, 3.05) is 0 Å². The van der Waals surface area contributed by atoms with Gasteiger partial charge in [-0.15, -0.1) is 0 Å². The highest BCUT2D eigenvalue weighted by atomic mass is 19.1. The molecule has 112 valence electrons. The van der Waals surface area contributed by atoms with E-state index in [9.17, 15) is 19.1 Å². The number of hydrogen-bond acceptors (Lipinski definition) is 2. The number of carboxylic acid groups (broad SMARTS) is 1. The molecule has 0 atom stereocenters. The van der Waals surface area contributed by atoms with Crippen molar-refractivity contribution in [3.63, 3.8) is 0 Å². The van der Waals surface area contributed by atoms with Crippen LogP contribution >= 0.6 is 0 Å². The van der Waals surface area contributed by atoms with Crippen LogP contribution in [0.4, 0.5) is 4.39 Å². The summed E-state index contributed by atoms with van der Waals surface area (Å²) in [6.45, 7) is 7.55. The standard InChI is InChI=1S/C16H18FNO3/c1-9-12(15(20)21)18(8-16(2,3)4)13-10(14(9)19)6-5-7-11(13)17/h5-7H,8H2,1-4H3,(H,20,21). The van der Waals surface area contributed by atoms with Gasteiger partial charge in [0.2, 0.25) is 0 Å². The van der Waals surface area contributed by atoms with Gasteiger partial charge in [-0.05, 0) is 24.5 Å². The molecule has 1 heterocycles. The smallest absolute Gasteiger partial charge is 0.352 e. The summed E-state index contributed by atoms with van der Waals surface area (Å²) in [5, 5.41) is 9.65. The van der Waals surface area contributed by atoms with Crippen molar-refractivity contribution in [3.05, 3.63) is 45.5 Å². The van der Waals surface area contributed by atoms with Crippen LogP contribution < -0.4 is 5.43 Å². The highest BCUT2D eigenvalue weighted by Gasteiger charge is 2.24. The van der Waals surface area contributed by atoms with Gasteiger partial charge in [-0.25, -0.2) is 9.18 Å². The number of benzene rings is 1. The van der Waals surface area contributed by atoms with Crippen molar-refractivity contribution in [1.29, 1.82) is 0 Å². The van der Waals surface area contributed by atoms with E-state index in [4.69, 9.17) is 0 Å². The molecule has 0 aliphatic heterocycles. The summed E-state index contributed by atoms with van der Waals surface area (Å²) in [6.07, 6.45) is 0. The number of aromatic carboxylic acids is 1. The van der Waals surface area contributed by atoms with E-state index in [2.05, 4.69) is 0 Å². The third-order valence-electron chi connectivity index (χ3n) is 3.30. The topological polar surface area (TPSA) is 59.3 Å². The number of carboxylic acids is 1. The molecule has 1 N–H and O–H groups in total. The minimum Gasteiger partial charge on any atom is -0.477 e. The maximum absolute atomic E-state index is 14.2. The fourth-order valence-electron chi connectivity index (χ4n) is 2.50. The van der Waals surface area contributed by atoms with Gasteiger partial charge in [0.1, 0.15) is 11.5 Å². The Morgan fingerprint density at radius 1 is 1.33 bits per heavy atom. The fraction of sp³-hybridized carbons (Fsp3) is 0.375. The van der Waals surface area contributed by atoms with Crippen molar-refractivity contribution in [3.8, 4) is 0 Å². The van der Waals surface area contributed by atoms with E-state index in [1.165, 1.54) is 29.7 Å². The first-order valence-corrected chi connectivity index (χ1v) is 6.68. The summed E-state index contributed by atoms with van der Waals surface area (Å²) in [6, 6.07) is 4.22. The van der Waals surface area contributed by atoms with Crippen LogP contribution in [0.5, 0.6) is 0 Å². The molecule has 0 saturated carbocycles. The van der Waals surface area contributed by atoms with Crippen LogP contribution in [0.2, 0.25) is 0 Å². The Kier molecular flexibility index (Phi) is 3.61. The lowest BCUT2D eigenvalue weighted by molar-refractivity contribution is 0.0681. The van der Waals surface area contributed by atoms with Crippen molar-refractivity contribution in [2.24, 2.45) is 5.41 Å². The van der Waals surface area contributed by atoms with E-state index in [1.54, 1.807) is 0 Å². The van der Waals surface area contributed by atoms with E-state index in [-0.39, 0.29) is 27.6 Å². The number of hydrogen-bond donors (Lipinski definition) is 1. The second-order valence-electron chi connectivity index (χ2n) is 6.39. The number of carbonyl (C=O) groups is 1. The van der Waals surface area contributed by atoms with Gasteiger partial charge in [-0.3, -0.25) is 4.79 Å². The second kappa shape index (κ2) is 4.98. The highest BCUT2D eigenvalue weighted by molar-refractivity contribution is 5.92. The molecule has 2 aromatic rings. The lowest BCUT2D eigenvalue weighted by atomic mass is 9.95. The third kappa shape index (κ3) is 2.68. The Morgan fingerprint density at radius 3 is 2.48 bits per heavy atom. The molecule has 2 rings (SSSR count). The molecule has 0 radical (unpaired) electrons. The lowest BCUT2D eigenvalue weighted by Crippen LogP contribution is -2.27. The van der Waals surface area contributed by atoms with Crippen LogP contribution in [-0.4, -0.2) is 15.6 Å². The van der Waals surface area contributed by atoms with Gasteiger partial charge < -0.3 is 9.67 Å². The van der Waals surface area contributed by atoms with Crippen LogP contribution in [0.3, 0.4) is 0 Å². The Hall–Kier alpha value is -2.17. The number of aromatic nitrogens is 1. The number of pyridine rings is 1. The SMILES string of the molecule is Cc1c(C(=O)O)n(CC(C)(C)C)c2c(F)cccc2c1=O. The first kappa shape index (κ1) is 15.2. The Balaban J connectivity index is 3.02. The molecule has 0 unspecified atom stereocenters. The molecule has 0 fully saturated rings. The Morgan fingerprint density at radius 2 is 1.95 bits per heavy atom. The van der Waals surface area contributed by atoms with Crippen molar-refractivity contribution < 1.29 is 14.3 Å². The summed E-state index contributed by atoms with van der Waals surface area (Å²) in [7, 11) is 0. The average Bonchev–Trinajstić information content (AvgIpc) is 2.33. The number of para-hydroxylation sites is 1. The fourth-order valence-corrected chi connectivity index (χ4v) is 2.50. The average molecular weight is 291 g/mol. The van der Waals surface area contributed by atoms with Crippen molar-refractivity contribution >= 4 is 16.9 Å². The summed E-state index contributed by atoms with van der Waals surface area (Å²) < 4.78 is 15.6. The molecule has 0 amide bonds. The predicted molar refractivity (Wildman–Crippen MR) is 79.3 cm³/mol. The van der Waals surface area contributed by atoms with E-state index in [1.807, 2.05) is 20.8 Å². The Labute approximate surface area is 121 Å². The molecule has 0 spiro atoms. The van der Waals surface area contributed by atoms with E-state index in [0.29, 0.717) is 6.54 Å². The van der Waals surface area contributed by atoms with Crippen LogP contribution in [0.25, 0.3) is 10.9 Å². The van der Waals surface area contributed by atoms with Gasteiger partial charge in [-0.1, -0.05) is 26.8 Å². The van der Waals surface area contributed by atoms with Crippen LogP contribution in [0.1, 0.15) is 36.8 Å². The van der Waals surface area contributed by atoms with Crippen molar-refractivity contribution in [2.45, 2.75) is 34.2 Å². The summed E-state index contributed by atoms with van der Waals surface area (Å²) in [4.78, 5) is 23.8. The number of rotatable bonds is 2. The maximum Gasteiger partial charge on any atom is 0.352 e. The molecule has 4 nitrogen and oxygen atoms in total. The second-order valence-corrected chi connectivity index (χ2v) is 6.39. The molecule has 5 heteroatoms. The zero-order chi connectivity index (χ0) is 15.9. The van der Waals surface area contributed by atoms with Gasteiger partial charge in [-0.2, -0.15) is 0 Å². The molecular weight excluding hydrogens is 273 g/mol. The molecule has 0 bridgehead atoms. The van der Waals surface area contributed by atoms with E-state index < -0.39 is 17.2 Å². The molecule has 0 aliphatic carbocycles. The molecule has 0 saturated heterocycles. The summed E-state index contributed by atoms with van der Waals surface area (Å²) in [5.74, 6) is -1.81. The van der Waals surface area contributed by atoms with Crippen LogP contribution in [-0.2, 0) is 6.54 Å². The van der Waals surface area contributed by atoms with Gasteiger partial charge in [0.15, 0.2) is 5.43 Å². The normalized spacial score (nSPS) is 11.9. The van der Waals surface area contributed by atoms with E-state index in [0.717, 1.165) is 0 Å². The lowest BCUT2D eigenvalue weighted by Gasteiger charge is -2.25. The quantitative estimate of drug-likeness (QED) is 0.924. The largest absolute Gasteiger partial charge is 0.477 e. The monoisotopic (exact) mass is 291 g/mol. The summed E-state index contributed by atoms with van der Waals surface area (Å²) in [5.41, 5.74) is -0.661. The zero-order valence-corrected chi connectivity index (χ0v) is 12.5. The van der Waals surface area contributed by atoms with Gasteiger partial charge in [0.25, 0.3) is 0 Å². The minimum absolute atomic E-state index is 0.0559. The van der Waals surface area contributed by atoms with Crippen LogP contribution in [0.15, 0.2) is 23.0 Å². The van der Waals surface area contributed by atoms with Gasteiger partial charge in [0, 0.05) is 17.5 Å². The first-order chi connectivity index (χ1) is 9.63. The summed E-state index contributed by atoms with van der Waals surface area (Å²) >= 11 is 0.